The van der Waals surface area contributed by atoms with Gasteiger partial charge in [-0.25, -0.2) is 0 Å². The van der Waals surface area contributed by atoms with Gasteiger partial charge in [0.05, 0.1) is 23.7 Å². The van der Waals surface area contributed by atoms with Gasteiger partial charge in [-0.1, -0.05) is 0 Å². The van der Waals surface area contributed by atoms with E-state index in [0.717, 1.165) is 24.8 Å². The smallest absolute Gasteiger partial charge is 0.0931 e. The lowest BCUT2D eigenvalue weighted by Gasteiger charge is -2.24. The molecule has 0 aromatic carbocycles. The summed E-state index contributed by atoms with van der Waals surface area (Å²) in [6, 6.07) is 4.74. The summed E-state index contributed by atoms with van der Waals surface area (Å²) in [7, 11) is 0. The van der Waals surface area contributed by atoms with Crippen molar-refractivity contribution >= 4 is 5.69 Å². The highest BCUT2D eigenvalue weighted by atomic mass is 16.3. The molecule has 19 heavy (non-hydrogen) atoms. The van der Waals surface area contributed by atoms with E-state index in [-0.39, 0.29) is 0 Å². The van der Waals surface area contributed by atoms with E-state index >= 15 is 0 Å². The molecule has 0 radical (unpaired) electrons. The molecule has 2 aliphatic rings. The van der Waals surface area contributed by atoms with Crippen LogP contribution in [0.1, 0.15) is 38.0 Å². The molecule has 4 nitrogen and oxygen atoms in total. The van der Waals surface area contributed by atoms with Gasteiger partial charge in [0.25, 0.3) is 0 Å². The highest BCUT2D eigenvalue weighted by molar-refractivity contribution is 5.46. The maximum absolute atomic E-state index is 9.48. The van der Waals surface area contributed by atoms with Crippen LogP contribution in [0.5, 0.6) is 0 Å². The highest BCUT2D eigenvalue weighted by Crippen LogP contribution is 2.25. The summed E-state index contributed by atoms with van der Waals surface area (Å²) in [4.78, 5) is 9.40. The second-order valence-corrected chi connectivity index (χ2v) is 5.75. The highest BCUT2D eigenvalue weighted by Gasteiger charge is 2.29. The molecule has 1 aromatic heterocycles. The Morgan fingerprint density at radius 3 is 2.68 bits per heavy atom. The fourth-order valence-electron chi connectivity index (χ4n) is 3.21. The van der Waals surface area contributed by atoms with E-state index in [4.69, 9.17) is 0 Å². The Labute approximate surface area is 115 Å². The van der Waals surface area contributed by atoms with Crippen molar-refractivity contribution in [2.24, 2.45) is 0 Å². The molecular weight excluding hydrogens is 238 g/mol. The van der Waals surface area contributed by atoms with Crippen LogP contribution in [0.4, 0.5) is 5.69 Å². The molecule has 104 valence electrons. The fourth-order valence-corrected chi connectivity index (χ4v) is 3.21. The molecule has 0 amide bonds. The van der Waals surface area contributed by atoms with Crippen LogP contribution in [0, 0.1) is 0 Å². The van der Waals surface area contributed by atoms with Crippen LogP contribution in [0.2, 0.25) is 0 Å². The van der Waals surface area contributed by atoms with E-state index in [1.165, 1.54) is 38.0 Å². The molecular formula is C15H23N3O. The third-order valence-corrected chi connectivity index (χ3v) is 4.38. The first-order valence-electron chi connectivity index (χ1n) is 7.37. The maximum atomic E-state index is 9.48. The molecule has 2 atom stereocenters. The molecule has 4 heteroatoms. The summed E-state index contributed by atoms with van der Waals surface area (Å²) in [6.45, 7) is 6.54. The van der Waals surface area contributed by atoms with Crippen molar-refractivity contribution in [3.63, 3.8) is 0 Å². The second-order valence-electron chi connectivity index (χ2n) is 5.75. The minimum absolute atomic E-state index is 0.482. The molecule has 2 saturated heterocycles. The molecule has 0 bridgehead atoms. The van der Waals surface area contributed by atoms with Crippen molar-refractivity contribution in [1.82, 2.24) is 9.88 Å². The number of nitrogens with zero attached hydrogens (tertiary/aromatic N) is 3. The van der Waals surface area contributed by atoms with Crippen LogP contribution in [0.3, 0.4) is 0 Å². The number of aromatic nitrogens is 1. The second kappa shape index (κ2) is 5.47. The Hall–Kier alpha value is -1.13. The van der Waals surface area contributed by atoms with Crippen molar-refractivity contribution < 1.29 is 5.11 Å². The van der Waals surface area contributed by atoms with Gasteiger partial charge < -0.3 is 10.0 Å². The average Bonchev–Trinajstić information content (AvgIpc) is 3.10. The van der Waals surface area contributed by atoms with E-state index in [0.29, 0.717) is 0 Å². The number of anilines is 1. The minimum atomic E-state index is -0.482. The van der Waals surface area contributed by atoms with Crippen molar-refractivity contribution in [3.05, 3.63) is 24.0 Å². The monoisotopic (exact) mass is 261 g/mol. The third kappa shape index (κ3) is 2.74. The van der Waals surface area contributed by atoms with Crippen molar-refractivity contribution in [1.29, 1.82) is 0 Å². The number of aliphatic hydroxyl groups excluding tert-OH is 1. The number of hydrogen-bond acceptors (Lipinski definition) is 4. The zero-order valence-electron chi connectivity index (χ0n) is 11.6. The molecule has 1 N–H and O–H groups in total. The number of likely N-dealkylation sites (tertiary alicyclic amines) is 1. The van der Waals surface area contributed by atoms with Gasteiger partial charge in [-0.05, 0) is 51.4 Å². The van der Waals surface area contributed by atoms with Crippen molar-refractivity contribution in [2.45, 2.75) is 38.3 Å². The molecule has 2 fully saturated rings. The Bertz CT molecular complexity index is 412. The standard InChI is InChI=1S/C15H23N3O/c1-12(19)15-5-4-13(10-16-15)18-9-6-14(11-18)17-7-2-3-8-17/h4-5,10,12,14,19H,2-3,6-9,11H2,1H3/t12-,14?/m1/s1. The summed E-state index contributed by atoms with van der Waals surface area (Å²) in [5.74, 6) is 0. The van der Waals surface area contributed by atoms with Crippen LogP contribution in [-0.2, 0) is 0 Å². The van der Waals surface area contributed by atoms with Gasteiger partial charge in [-0.2, -0.15) is 0 Å². The van der Waals surface area contributed by atoms with Gasteiger partial charge >= 0.3 is 0 Å². The Morgan fingerprint density at radius 2 is 2.05 bits per heavy atom. The van der Waals surface area contributed by atoms with Gasteiger partial charge in [0.2, 0.25) is 0 Å². The quantitative estimate of drug-likeness (QED) is 0.901. The lowest BCUT2D eigenvalue weighted by Crippen LogP contribution is -2.35. The lowest BCUT2D eigenvalue weighted by atomic mass is 10.2. The average molecular weight is 261 g/mol. The Morgan fingerprint density at radius 1 is 1.26 bits per heavy atom. The lowest BCUT2D eigenvalue weighted by molar-refractivity contribution is 0.194. The molecule has 1 unspecified atom stereocenters. The van der Waals surface area contributed by atoms with Crippen LogP contribution in [-0.4, -0.2) is 47.2 Å². The normalized spacial score (nSPS) is 26.0. The van der Waals surface area contributed by atoms with E-state index in [1.807, 2.05) is 12.3 Å². The summed E-state index contributed by atoms with van der Waals surface area (Å²) in [5.41, 5.74) is 1.94. The summed E-state index contributed by atoms with van der Waals surface area (Å²) in [6.07, 6.45) is 5.40. The van der Waals surface area contributed by atoms with Gasteiger partial charge in [0.1, 0.15) is 0 Å². The first-order valence-corrected chi connectivity index (χ1v) is 7.37. The molecule has 2 aliphatic heterocycles. The molecule has 0 aliphatic carbocycles. The Kier molecular flexibility index (Phi) is 3.71. The molecule has 0 spiro atoms. The summed E-state index contributed by atoms with van der Waals surface area (Å²) >= 11 is 0. The number of pyridine rings is 1. The number of rotatable bonds is 3. The van der Waals surface area contributed by atoms with Gasteiger partial charge in [0.15, 0.2) is 0 Å². The third-order valence-electron chi connectivity index (χ3n) is 4.38. The predicted molar refractivity (Wildman–Crippen MR) is 76.3 cm³/mol. The first kappa shape index (κ1) is 12.9. The predicted octanol–water partition coefficient (Wildman–Crippen LogP) is 1.81. The van der Waals surface area contributed by atoms with Crippen LogP contribution >= 0.6 is 0 Å². The molecule has 3 rings (SSSR count). The molecule has 0 saturated carbocycles. The summed E-state index contributed by atoms with van der Waals surface area (Å²) < 4.78 is 0. The maximum Gasteiger partial charge on any atom is 0.0931 e. The van der Waals surface area contributed by atoms with Gasteiger partial charge in [0, 0.05) is 19.1 Å². The zero-order chi connectivity index (χ0) is 13.2. The fraction of sp³-hybridized carbons (Fsp3) is 0.667. The van der Waals surface area contributed by atoms with Crippen molar-refractivity contribution in [2.75, 3.05) is 31.1 Å². The van der Waals surface area contributed by atoms with Crippen LogP contribution < -0.4 is 4.90 Å². The zero-order valence-corrected chi connectivity index (χ0v) is 11.6. The SMILES string of the molecule is C[C@@H](O)c1ccc(N2CCC(N3CCCC3)C2)cn1. The Balaban J connectivity index is 1.63. The van der Waals surface area contributed by atoms with Crippen LogP contribution in [0.25, 0.3) is 0 Å². The number of hydrogen-bond donors (Lipinski definition) is 1. The van der Waals surface area contributed by atoms with Crippen molar-refractivity contribution in [3.8, 4) is 0 Å². The topological polar surface area (TPSA) is 39.6 Å². The first-order chi connectivity index (χ1) is 9.24. The van der Waals surface area contributed by atoms with E-state index in [1.54, 1.807) is 6.92 Å². The largest absolute Gasteiger partial charge is 0.387 e. The summed E-state index contributed by atoms with van der Waals surface area (Å²) in [5, 5.41) is 9.48. The van der Waals surface area contributed by atoms with Gasteiger partial charge in [-0.3, -0.25) is 9.88 Å². The van der Waals surface area contributed by atoms with E-state index in [9.17, 15) is 5.11 Å². The van der Waals surface area contributed by atoms with E-state index < -0.39 is 6.10 Å². The number of aliphatic hydroxyl groups is 1. The molecule has 1 aromatic rings. The molecule has 3 heterocycles. The van der Waals surface area contributed by atoms with E-state index in [2.05, 4.69) is 20.9 Å². The van der Waals surface area contributed by atoms with Gasteiger partial charge in [-0.15, -0.1) is 0 Å². The van der Waals surface area contributed by atoms with Crippen LogP contribution in [0.15, 0.2) is 18.3 Å². The minimum Gasteiger partial charge on any atom is -0.387 e.